The lowest BCUT2D eigenvalue weighted by atomic mass is 9.94. The molecule has 2 aromatic heterocycles. The van der Waals surface area contributed by atoms with E-state index in [4.69, 9.17) is 4.98 Å². The van der Waals surface area contributed by atoms with Crippen LogP contribution in [-0.2, 0) is 0 Å². The fourth-order valence-electron chi connectivity index (χ4n) is 3.51. The van der Waals surface area contributed by atoms with E-state index in [9.17, 15) is 4.39 Å². The smallest absolute Gasteiger partial charge is 0.236 e. The van der Waals surface area contributed by atoms with Crippen molar-refractivity contribution in [2.24, 2.45) is 5.92 Å². The number of fused-ring (bicyclic) bond motifs is 1. The Morgan fingerprint density at radius 2 is 1.84 bits per heavy atom. The van der Waals surface area contributed by atoms with Gasteiger partial charge in [-0.3, -0.25) is 8.79 Å². The fraction of sp³-hybridized carbons (Fsp3) is 0.400. The molecule has 0 radical (unpaired) electrons. The van der Waals surface area contributed by atoms with Gasteiger partial charge >= 0.3 is 0 Å². The Morgan fingerprint density at radius 1 is 1.08 bits per heavy atom. The number of rotatable bonds is 4. The van der Waals surface area contributed by atoms with Gasteiger partial charge in [0.05, 0.1) is 12.4 Å². The number of aromatic nitrogens is 3. The first-order valence-electron chi connectivity index (χ1n) is 8.96. The van der Waals surface area contributed by atoms with Gasteiger partial charge in [0, 0.05) is 31.0 Å². The van der Waals surface area contributed by atoms with Crippen LogP contribution < -0.4 is 4.90 Å². The number of benzene rings is 1. The molecular formula is C20H23FN4. The third kappa shape index (κ3) is 3.36. The standard InChI is InChI=1S/C20H23FN4/c1-15-2-4-17(5-3-15)18-14-25-13-9-19(23-20(25)22-18)24-11-7-16(6-10-21)8-12-24/h2-5,9,13-14,16H,6-8,10-12H2,1H3. The van der Waals surface area contributed by atoms with Crippen LogP contribution >= 0.6 is 0 Å². The van der Waals surface area contributed by atoms with Crippen molar-refractivity contribution in [2.45, 2.75) is 26.2 Å². The molecule has 4 rings (SSSR count). The molecule has 0 N–H and O–H groups in total. The number of imidazole rings is 1. The van der Waals surface area contributed by atoms with E-state index in [1.807, 2.05) is 22.9 Å². The summed E-state index contributed by atoms with van der Waals surface area (Å²) in [6.07, 6.45) is 6.82. The van der Waals surface area contributed by atoms with Crippen LogP contribution in [0.1, 0.15) is 24.8 Å². The Labute approximate surface area is 147 Å². The summed E-state index contributed by atoms with van der Waals surface area (Å²) >= 11 is 0. The minimum absolute atomic E-state index is 0.204. The second-order valence-electron chi connectivity index (χ2n) is 6.89. The molecule has 0 unspecified atom stereocenters. The first kappa shape index (κ1) is 16.1. The number of halogens is 1. The maximum Gasteiger partial charge on any atom is 0.236 e. The van der Waals surface area contributed by atoms with E-state index in [0.717, 1.165) is 48.8 Å². The molecule has 1 aliphatic rings. The summed E-state index contributed by atoms with van der Waals surface area (Å²) in [5, 5.41) is 0. The lowest BCUT2D eigenvalue weighted by Gasteiger charge is -2.32. The average Bonchev–Trinajstić information content (AvgIpc) is 3.06. The minimum Gasteiger partial charge on any atom is -0.356 e. The van der Waals surface area contributed by atoms with Gasteiger partial charge in [-0.25, -0.2) is 4.98 Å². The van der Waals surface area contributed by atoms with Crippen LogP contribution in [0.15, 0.2) is 42.7 Å². The summed E-state index contributed by atoms with van der Waals surface area (Å²) in [5.74, 6) is 2.20. The number of aryl methyl sites for hydroxylation is 1. The van der Waals surface area contributed by atoms with Crippen molar-refractivity contribution in [1.82, 2.24) is 14.4 Å². The highest BCUT2D eigenvalue weighted by atomic mass is 19.1. The van der Waals surface area contributed by atoms with Crippen molar-refractivity contribution in [3.63, 3.8) is 0 Å². The first-order chi connectivity index (χ1) is 12.2. The molecule has 0 bridgehead atoms. The summed E-state index contributed by atoms with van der Waals surface area (Å²) in [4.78, 5) is 11.7. The summed E-state index contributed by atoms with van der Waals surface area (Å²) in [5.41, 5.74) is 3.28. The van der Waals surface area contributed by atoms with Crippen LogP contribution in [0.3, 0.4) is 0 Å². The lowest BCUT2D eigenvalue weighted by molar-refractivity contribution is 0.332. The molecule has 4 nitrogen and oxygen atoms in total. The Balaban J connectivity index is 1.55. The van der Waals surface area contributed by atoms with Gasteiger partial charge in [-0.2, -0.15) is 4.98 Å². The molecule has 0 aliphatic carbocycles. The molecule has 1 fully saturated rings. The second-order valence-corrected chi connectivity index (χ2v) is 6.89. The van der Waals surface area contributed by atoms with Gasteiger partial charge < -0.3 is 4.90 Å². The largest absolute Gasteiger partial charge is 0.356 e. The lowest BCUT2D eigenvalue weighted by Crippen LogP contribution is -2.34. The van der Waals surface area contributed by atoms with Gasteiger partial charge in [0.15, 0.2) is 0 Å². The van der Waals surface area contributed by atoms with Crippen LogP contribution in [0.25, 0.3) is 17.0 Å². The Hall–Kier alpha value is -2.43. The monoisotopic (exact) mass is 338 g/mol. The van der Waals surface area contributed by atoms with Gasteiger partial charge in [0.25, 0.3) is 0 Å². The van der Waals surface area contributed by atoms with E-state index in [1.165, 1.54) is 5.56 Å². The molecule has 5 heteroatoms. The van der Waals surface area contributed by atoms with Gasteiger partial charge in [-0.05, 0) is 38.2 Å². The highest BCUT2D eigenvalue weighted by molar-refractivity contribution is 5.62. The predicted octanol–water partition coefficient (Wildman–Crippen LogP) is 4.28. The molecule has 1 aromatic carbocycles. The Bertz CT molecular complexity index is 848. The van der Waals surface area contributed by atoms with E-state index < -0.39 is 0 Å². The number of alkyl halides is 1. The molecule has 130 valence electrons. The van der Waals surface area contributed by atoms with E-state index >= 15 is 0 Å². The number of anilines is 1. The molecule has 0 amide bonds. The summed E-state index contributed by atoms with van der Waals surface area (Å²) in [6, 6.07) is 10.4. The highest BCUT2D eigenvalue weighted by Crippen LogP contribution is 2.25. The minimum atomic E-state index is -0.204. The zero-order valence-corrected chi connectivity index (χ0v) is 14.5. The molecule has 1 saturated heterocycles. The highest BCUT2D eigenvalue weighted by Gasteiger charge is 2.20. The summed E-state index contributed by atoms with van der Waals surface area (Å²) in [7, 11) is 0. The molecule has 3 heterocycles. The quantitative estimate of drug-likeness (QED) is 0.712. The van der Waals surface area contributed by atoms with Crippen molar-refractivity contribution in [1.29, 1.82) is 0 Å². The summed E-state index contributed by atoms with van der Waals surface area (Å²) < 4.78 is 14.5. The molecule has 1 aliphatic heterocycles. The van der Waals surface area contributed by atoms with Crippen molar-refractivity contribution in [3.05, 3.63) is 48.3 Å². The maximum absolute atomic E-state index is 12.5. The number of nitrogens with zero attached hydrogens (tertiary/aromatic N) is 4. The van der Waals surface area contributed by atoms with Gasteiger partial charge in [-0.1, -0.05) is 29.8 Å². The normalized spacial score (nSPS) is 15.8. The Morgan fingerprint density at radius 3 is 2.56 bits per heavy atom. The molecule has 0 spiro atoms. The van der Waals surface area contributed by atoms with Crippen LogP contribution in [0.5, 0.6) is 0 Å². The van der Waals surface area contributed by atoms with Crippen molar-refractivity contribution >= 4 is 11.6 Å². The number of piperidine rings is 1. The zero-order chi connectivity index (χ0) is 17.2. The fourth-order valence-corrected chi connectivity index (χ4v) is 3.51. The van der Waals surface area contributed by atoms with Crippen LogP contribution in [0, 0.1) is 12.8 Å². The number of hydrogen-bond acceptors (Lipinski definition) is 3. The number of hydrogen-bond donors (Lipinski definition) is 0. The molecule has 25 heavy (non-hydrogen) atoms. The summed E-state index contributed by atoms with van der Waals surface area (Å²) in [6.45, 7) is 3.77. The SMILES string of the molecule is Cc1ccc(-c2cn3ccc(N4CCC(CCF)CC4)nc3n2)cc1. The van der Waals surface area contributed by atoms with E-state index in [2.05, 4.69) is 41.1 Å². The van der Waals surface area contributed by atoms with Crippen LogP contribution in [0.4, 0.5) is 10.2 Å². The maximum atomic E-state index is 12.5. The molecule has 0 saturated carbocycles. The van der Waals surface area contributed by atoms with Crippen molar-refractivity contribution < 1.29 is 4.39 Å². The predicted molar refractivity (Wildman–Crippen MR) is 98.7 cm³/mol. The molecule has 3 aromatic rings. The molecular weight excluding hydrogens is 315 g/mol. The van der Waals surface area contributed by atoms with Crippen molar-refractivity contribution in [3.8, 4) is 11.3 Å². The topological polar surface area (TPSA) is 33.4 Å². The van der Waals surface area contributed by atoms with Crippen molar-refractivity contribution in [2.75, 3.05) is 24.7 Å². The van der Waals surface area contributed by atoms with E-state index in [0.29, 0.717) is 12.3 Å². The zero-order valence-electron chi connectivity index (χ0n) is 14.5. The third-order valence-electron chi connectivity index (χ3n) is 5.11. The molecule has 0 atom stereocenters. The average molecular weight is 338 g/mol. The van der Waals surface area contributed by atoms with Gasteiger partial charge in [0.1, 0.15) is 5.82 Å². The first-order valence-corrected chi connectivity index (χ1v) is 8.96. The third-order valence-corrected chi connectivity index (χ3v) is 5.11. The van der Waals surface area contributed by atoms with E-state index in [-0.39, 0.29) is 6.67 Å². The van der Waals surface area contributed by atoms with E-state index in [1.54, 1.807) is 0 Å². The van der Waals surface area contributed by atoms with Crippen LogP contribution in [-0.4, -0.2) is 34.1 Å². The second kappa shape index (κ2) is 6.82. The van der Waals surface area contributed by atoms with Gasteiger partial charge in [0.2, 0.25) is 5.78 Å². The van der Waals surface area contributed by atoms with Gasteiger partial charge in [-0.15, -0.1) is 0 Å². The van der Waals surface area contributed by atoms with Crippen LogP contribution in [0.2, 0.25) is 0 Å². The Kier molecular flexibility index (Phi) is 4.38.